The molecule has 0 unspecified atom stereocenters. The number of hydrogen-bond acceptors (Lipinski definition) is 4. The summed E-state index contributed by atoms with van der Waals surface area (Å²) in [6.45, 7) is 2.04. The first-order valence-electron chi connectivity index (χ1n) is 6.62. The number of aliphatic hydroxyl groups excluding tert-OH is 1. The molecule has 4 heteroatoms. The van der Waals surface area contributed by atoms with Gasteiger partial charge in [-0.1, -0.05) is 18.2 Å². The maximum Gasteiger partial charge on any atom is 0.161 e. The van der Waals surface area contributed by atoms with Gasteiger partial charge in [-0.15, -0.1) is 0 Å². The average Bonchev–Trinajstić information content (AvgIpc) is 2.52. The van der Waals surface area contributed by atoms with Crippen LogP contribution in [-0.2, 0) is 6.61 Å². The number of methoxy groups -OCH3 is 1. The van der Waals surface area contributed by atoms with Crippen LogP contribution in [0.5, 0.6) is 11.5 Å². The third kappa shape index (κ3) is 3.74. The Labute approximate surface area is 124 Å². The maximum atomic E-state index is 9.57. The number of benzene rings is 2. The van der Waals surface area contributed by atoms with Crippen molar-refractivity contribution in [2.75, 3.05) is 7.11 Å². The smallest absolute Gasteiger partial charge is 0.161 e. The van der Waals surface area contributed by atoms with Gasteiger partial charge in [0.1, 0.15) is 6.61 Å². The van der Waals surface area contributed by atoms with E-state index >= 15 is 0 Å². The van der Waals surface area contributed by atoms with Gasteiger partial charge in [-0.05, 0) is 42.3 Å². The molecule has 0 amide bonds. The Balaban J connectivity index is 2.14. The van der Waals surface area contributed by atoms with E-state index in [1.807, 2.05) is 12.1 Å². The van der Waals surface area contributed by atoms with E-state index in [1.165, 1.54) is 0 Å². The minimum Gasteiger partial charge on any atom is -0.493 e. The summed E-state index contributed by atoms with van der Waals surface area (Å²) in [5.74, 6) is 1.18. The highest BCUT2D eigenvalue weighted by atomic mass is 16.5. The monoisotopic (exact) mass is 283 g/mol. The van der Waals surface area contributed by atoms with E-state index < -0.39 is 6.10 Å². The summed E-state index contributed by atoms with van der Waals surface area (Å²) in [5.41, 5.74) is 2.29. The molecular weight excluding hydrogens is 266 g/mol. The van der Waals surface area contributed by atoms with Crippen molar-refractivity contribution < 1.29 is 14.6 Å². The van der Waals surface area contributed by atoms with Crippen LogP contribution in [0.2, 0.25) is 0 Å². The quantitative estimate of drug-likeness (QED) is 0.915. The van der Waals surface area contributed by atoms with Gasteiger partial charge >= 0.3 is 0 Å². The molecule has 0 saturated heterocycles. The fourth-order valence-corrected chi connectivity index (χ4v) is 1.96. The van der Waals surface area contributed by atoms with Crippen LogP contribution in [0.3, 0.4) is 0 Å². The molecule has 21 heavy (non-hydrogen) atoms. The highest BCUT2D eigenvalue weighted by Gasteiger charge is 2.09. The lowest BCUT2D eigenvalue weighted by atomic mass is 10.1. The average molecular weight is 283 g/mol. The molecule has 2 aromatic rings. The lowest BCUT2D eigenvalue weighted by Crippen LogP contribution is -1.99. The summed E-state index contributed by atoms with van der Waals surface area (Å²) in [5, 5.41) is 18.5. The molecular formula is C17H17NO3. The van der Waals surface area contributed by atoms with E-state index in [2.05, 4.69) is 6.07 Å². The van der Waals surface area contributed by atoms with Crippen molar-refractivity contribution in [1.82, 2.24) is 0 Å². The Morgan fingerprint density at radius 1 is 1.19 bits per heavy atom. The van der Waals surface area contributed by atoms with Crippen LogP contribution in [0.15, 0.2) is 42.5 Å². The molecule has 0 aliphatic heterocycles. The predicted molar refractivity (Wildman–Crippen MR) is 79.1 cm³/mol. The first-order chi connectivity index (χ1) is 10.1. The molecule has 0 radical (unpaired) electrons. The first kappa shape index (κ1) is 14.9. The first-order valence-corrected chi connectivity index (χ1v) is 6.62. The minimum atomic E-state index is -0.555. The third-order valence-electron chi connectivity index (χ3n) is 3.12. The van der Waals surface area contributed by atoms with Crippen LogP contribution in [-0.4, -0.2) is 12.2 Å². The Kier molecular flexibility index (Phi) is 4.81. The van der Waals surface area contributed by atoms with Crippen molar-refractivity contribution in [3.8, 4) is 17.6 Å². The van der Waals surface area contributed by atoms with Gasteiger partial charge in [0.15, 0.2) is 11.5 Å². The Hall–Kier alpha value is -2.51. The van der Waals surface area contributed by atoms with Gasteiger partial charge in [0.05, 0.1) is 24.8 Å². The molecule has 0 spiro atoms. The van der Waals surface area contributed by atoms with Gasteiger partial charge in [0.2, 0.25) is 0 Å². The largest absolute Gasteiger partial charge is 0.493 e. The van der Waals surface area contributed by atoms with Crippen molar-refractivity contribution >= 4 is 0 Å². The minimum absolute atomic E-state index is 0.347. The van der Waals surface area contributed by atoms with Gasteiger partial charge in [-0.2, -0.15) is 5.26 Å². The van der Waals surface area contributed by atoms with Crippen molar-refractivity contribution in [3.05, 3.63) is 59.2 Å². The summed E-state index contributed by atoms with van der Waals surface area (Å²) in [6, 6.07) is 14.7. The molecule has 0 aliphatic rings. The maximum absolute atomic E-state index is 9.57. The standard InChI is InChI=1S/C17H17NO3/c1-12(19)15-6-7-16(17(9-15)20-2)21-11-14-5-3-4-13(8-14)10-18/h3-9,12,19H,11H2,1-2H3/t12-/m1/s1. The van der Waals surface area contributed by atoms with Gasteiger partial charge in [0, 0.05) is 0 Å². The van der Waals surface area contributed by atoms with E-state index in [-0.39, 0.29) is 0 Å². The third-order valence-corrected chi connectivity index (χ3v) is 3.12. The molecule has 108 valence electrons. The molecule has 0 saturated carbocycles. The van der Waals surface area contributed by atoms with Crippen LogP contribution in [0.25, 0.3) is 0 Å². The number of nitriles is 1. The zero-order valence-corrected chi connectivity index (χ0v) is 12.0. The number of nitrogens with zero attached hydrogens (tertiary/aromatic N) is 1. The lowest BCUT2D eigenvalue weighted by molar-refractivity contribution is 0.198. The molecule has 2 rings (SSSR count). The van der Waals surface area contributed by atoms with Crippen molar-refractivity contribution in [1.29, 1.82) is 5.26 Å². The molecule has 4 nitrogen and oxygen atoms in total. The molecule has 0 fully saturated rings. The van der Waals surface area contributed by atoms with Gasteiger partial charge in [-0.3, -0.25) is 0 Å². The highest BCUT2D eigenvalue weighted by Crippen LogP contribution is 2.30. The van der Waals surface area contributed by atoms with Gasteiger partial charge < -0.3 is 14.6 Å². The summed E-state index contributed by atoms with van der Waals surface area (Å²) in [4.78, 5) is 0. The zero-order valence-electron chi connectivity index (χ0n) is 12.0. The van der Waals surface area contributed by atoms with Crippen LogP contribution < -0.4 is 9.47 Å². The summed E-state index contributed by atoms with van der Waals surface area (Å²) < 4.78 is 11.0. The van der Waals surface area contributed by atoms with Gasteiger partial charge in [-0.25, -0.2) is 0 Å². The van der Waals surface area contributed by atoms with E-state index in [0.717, 1.165) is 11.1 Å². The topological polar surface area (TPSA) is 62.5 Å². The number of rotatable bonds is 5. The van der Waals surface area contributed by atoms with Crippen LogP contribution in [0, 0.1) is 11.3 Å². The second-order valence-corrected chi connectivity index (χ2v) is 4.69. The Bertz CT molecular complexity index is 659. The normalized spacial score (nSPS) is 11.5. The molecule has 1 atom stereocenters. The summed E-state index contributed by atoms with van der Waals surface area (Å²) in [6.07, 6.45) is -0.555. The van der Waals surface area contributed by atoms with E-state index in [4.69, 9.17) is 14.7 Å². The molecule has 1 N–H and O–H groups in total. The van der Waals surface area contributed by atoms with Crippen LogP contribution >= 0.6 is 0 Å². The van der Waals surface area contributed by atoms with Crippen LogP contribution in [0.4, 0.5) is 0 Å². The molecule has 2 aromatic carbocycles. The number of ether oxygens (including phenoxy) is 2. The number of hydrogen-bond donors (Lipinski definition) is 1. The van der Waals surface area contributed by atoms with Crippen molar-refractivity contribution in [2.45, 2.75) is 19.6 Å². The van der Waals surface area contributed by atoms with E-state index in [1.54, 1.807) is 44.4 Å². The summed E-state index contributed by atoms with van der Waals surface area (Å²) >= 11 is 0. The van der Waals surface area contributed by atoms with E-state index in [0.29, 0.717) is 23.7 Å². The molecule has 0 aliphatic carbocycles. The SMILES string of the molecule is COc1cc([C@@H](C)O)ccc1OCc1cccc(C#N)c1. The fourth-order valence-electron chi connectivity index (χ4n) is 1.96. The summed E-state index contributed by atoms with van der Waals surface area (Å²) in [7, 11) is 1.56. The molecule has 0 bridgehead atoms. The zero-order chi connectivity index (χ0) is 15.2. The second-order valence-electron chi connectivity index (χ2n) is 4.69. The van der Waals surface area contributed by atoms with Crippen molar-refractivity contribution in [3.63, 3.8) is 0 Å². The Morgan fingerprint density at radius 3 is 2.67 bits per heavy atom. The van der Waals surface area contributed by atoms with Crippen molar-refractivity contribution in [2.24, 2.45) is 0 Å². The second kappa shape index (κ2) is 6.78. The lowest BCUT2D eigenvalue weighted by Gasteiger charge is -2.13. The fraction of sp³-hybridized carbons (Fsp3) is 0.235. The highest BCUT2D eigenvalue weighted by molar-refractivity contribution is 5.43. The predicted octanol–water partition coefficient (Wildman–Crippen LogP) is 3.20. The molecule has 0 aromatic heterocycles. The van der Waals surface area contributed by atoms with E-state index in [9.17, 15) is 5.11 Å². The molecule has 0 heterocycles. The Morgan fingerprint density at radius 2 is 2.00 bits per heavy atom. The van der Waals surface area contributed by atoms with Crippen LogP contribution in [0.1, 0.15) is 29.7 Å². The van der Waals surface area contributed by atoms with Gasteiger partial charge in [0.25, 0.3) is 0 Å². The number of aliphatic hydroxyl groups is 1.